The van der Waals surface area contributed by atoms with Crippen molar-refractivity contribution in [2.45, 2.75) is 19.3 Å². The smallest absolute Gasteiger partial charge is 0.312 e. The van der Waals surface area contributed by atoms with Crippen LogP contribution in [-0.2, 0) is 4.79 Å². The van der Waals surface area contributed by atoms with Gasteiger partial charge in [0, 0.05) is 0 Å². The maximum Gasteiger partial charge on any atom is 0.312 e. The molecule has 5 nitrogen and oxygen atoms in total. The second kappa shape index (κ2) is 4.54. The first-order chi connectivity index (χ1) is 6.57. The summed E-state index contributed by atoms with van der Waals surface area (Å²) in [5.41, 5.74) is 0.0413. The molecule has 2 N–H and O–H groups in total. The average Bonchev–Trinajstić information content (AvgIpc) is 2.13. The van der Waals surface area contributed by atoms with Gasteiger partial charge in [-0.1, -0.05) is 6.92 Å². The predicted molar refractivity (Wildman–Crippen MR) is 58.2 cm³/mol. The molecule has 0 amide bonds. The lowest BCUT2D eigenvalue weighted by Crippen LogP contribution is -2.20. The number of aromatic amines is 1. The molecule has 0 saturated heterocycles. The number of H-pyrrole nitrogens is 1. The van der Waals surface area contributed by atoms with Crippen LogP contribution < -0.4 is 5.56 Å². The molecule has 0 aliphatic heterocycles. The minimum Gasteiger partial charge on any atom is -0.481 e. The van der Waals surface area contributed by atoms with Crippen LogP contribution in [0.25, 0.3) is 0 Å². The topological polar surface area (TPSA) is 83.0 Å². The van der Waals surface area contributed by atoms with Crippen LogP contribution in [0.5, 0.6) is 0 Å². The average molecular weight is 308 g/mol. The number of aliphatic carboxylic acids is 1. The molecule has 0 aliphatic carbocycles. The van der Waals surface area contributed by atoms with Crippen molar-refractivity contribution in [2.24, 2.45) is 0 Å². The molecule has 0 bridgehead atoms. The summed E-state index contributed by atoms with van der Waals surface area (Å²) in [6, 6.07) is 0. The zero-order valence-electron chi connectivity index (χ0n) is 7.45. The molecule has 76 valence electrons. The monoisotopic (exact) mass is 308 g/mol. The van der Waals surface area contributed by atoms with Crippen molar-refractivity contribution in [3.05, 3.63) is 25.9 Å². The van der Waals surface area contributed by atoms with Gasteiger partial charge in [0.15, 0.2) is 0 Å². The Bertz CT molecular complexity index is 402. The summed E-state index contributed by atoms with van der Waals surface area (Å²) < 4.78 is 0.347. The number of hydrogen-bond donors (Lipinski definition) is 2. The summed E-state index contributed by atoms with van der Waals surface area (Å²) >= 11 is 1.81. The summed E-state index contributed by atoms with van der Waals surface area (Å²) in [6.07, 6.45) is 1.65. The lowest BCUT2D eigenvalue weighted by atomic mass is 10.0. The summed E-state index contributed by atoms with van der Waals surface area (Å²) in [6.45, 7) is 1.75. The molecule has 0 aliphatic rings. The first-order valence-corrected chi connectivity index (χ1v) is 5.11. The Morgan fingerprint density at radius 2 is 2.43 bits per heavy atom. The van der Waals surface area contributed by atoms with Crippen molar-refractivity contribution in [3.8, 4) is 0 Å². The second-order valence-electron chi connectivity index (χ2n) is 2.73. The molecule has 1 unspecified atom stereocenters. The summed E-state index contributed by atoms with van der Waals surface area (Å²) in [4.78, 5) is 28.3. The van der Waals surface area contributed by atoms with E-state index in [-0.39, 0.29) is 5.56 Å². The van der Waals surface area contributed by atoms with E-state index in [0.29, 0.717) is 15.7 Å². The Balaban J connectivity index is 3.23. The highest BCUT2D eigenvalue weighted by atomic mass is 127. The molecule has 0 saturated carbocycles. The first-order valence-electron chi connectivity index (χ1n) is 4.03. The number of halogens is 1. The summed E-state index contributed by atoms with van der Waals surface area (Å²) in [5, 5.41) is 8.89. The van der Waals surface area contributed by atoms with Crippen LogP contribution >= 0.6 is 22.6 Å². The van der Waals surface area contributed by atoms with Crippen LogP contribution in [0.1, 0.15) is 25.0 Å². The molecule has 1 atom stereocenters. The zero-order valence-corrected chi connectivity index (χ0v) is 9.61. The molecule has 6 heteroatoms. The number of nitrogens with one attached hydrogen (secondary N) is 1. The van der Waals surface area contributed by atoms with Crippen molar-refractivity contribution >= 4 is 28.6 Å². The van der Waals surface area contributed by atoms with Crippen LogP contribution in [-0.4, -0.2) is 21.0 Å². The van der Waals surface area contributed by atoms with Crippen LogP contribution in [0.2, 0.25) is 0 Å². The molecule has 1 rings (SSSR count). The molecule has 1 heterocycles. The molecule has 0 radical (unpaired) electrons. The number of carboxylic acids is 1. The van der Waals surface area contributed by atoms with Crippen LogP contribution in [0.15, 0.2) is 11.1 Å². The van der Waals surface area contributed by atoms with Gasteiger partial charge in [-0.2, -0.15) is 0 Å². The van der Waals surface area contributed by atoms with Gasteiger partial charge in [0.2, 0.25) is 0 Å². The maximum absolute atomic E-state index is 11.2. The highest BCUT2D eigenvalue weighted by Crippen LogP contribution is 2.19. The Hall–Kier alpha value is -0.920. The van der Waals surface area contributed by atoms with E-state index < -0.39 is 11.9 Å². The van der Waals surface area contributed by atoms with E-state index in [9.17, 15) is 9.59 Å². The first kappa shape index (κ1) is 11.2. The standard InChI is InChI=1S/C8H9IN2O3/c1-2-4(8(13)14)6-5(9)7(12)11-3-10-6/h3-4H,2H2,1H3,(H,13,14)(H,10,11,12). The van der Waals surface area contributed by atoms with E-state index in [2.05, 4.69) is 9.97 Å². The number of hydrogen-bond acceptors (Lipinski definition) is 3. The second-order valence-corrected chi connectivity index (χ2v) is 3.81. The van der Waals surface area contributed by atoms with E-state index >= 15 is 0 Å². The third-order valence-corrected chi connectivity index (χ3v) is 2.90. The van der Waals surface area contributed by atoms with Crippen LogP contribution in [0.4, 0.5) is 0 Å². The third-order valence-electron chi connectivity index (χ3n) is 1.86. The molecular formula is C8H9IN2O3. The van der Waals surface area contributed by atoms with Gasteiger partial charge in [0.05, 0.1) is 17.9 Å². The van der Waals surface area contributed by atoms with E-state index in [1.165, 1.54) is 6.33 Å². The molecule has 14 heavy (non-hydrogen) atoms. The van der Waals surface area contributed by atoms with Crippen molar-refractivity contribution < 1.29 is 9.90 Å². The van der Waals surface area contributed by atoms with E-state index in [0.717, 1.165) is 0 Å². The van der Waals surface area contributed by atoms with Gasteiger partial charge < -0.3 is 10.1 Å². The van der Waals surface area contributed by atoms with Crippen molar-refractivity contribution in [3.63, 3.8) is 0 Å². The molecule has 0 spiro atoms. The quantitative estimate of drug-likeness (QED) is 0.815. The maximum atomic E-state index is 11.2. The van der Waals surface area contributed by atoms with Gasteiger partial charge in [-0.3, -0.25) is 9.59 Å². The molecule has 1 aromatic rings. The third kappa shape index (κ3) is 2.11. The van der Waals surface area contributed by atoms with Crippen LogP contribution in [0, 0.1) is 3.57 Å². The highest BCUT2D eigenvalue weighted by molar-refractivity contribution is 14.1. The Kier molecular flexibility index (Phi) is 3.62. The van der Waals surface area contributed by atoms with Gasteiger partial charge in [-0.15, -0.1) is 0 Å². The molecule has 0 aromatic carbocycles. The van der Waals surface area contributed by atoms with Crippen molar-refractivity contribution in [2.75, 3.05) is 0 Å². The Labute approximate surface area is 93.7 Å². The highest BCUT2D eigenvalue weighted by Gasteiger charge is 2.22. The summed E-state index contributed by atoms with van der Waals surface area (Å²) in [5.74, 6) is -1.66. The number of carboxylic acid groups (broad SMARTS) is 1. The molecule has 0 fully saturated rings. The van der Waals surface area contributed by atoms with E-state index in [1.54, 1.807) is 6.92 Å². The Morgan fingerprint density at radius 1 is 1.79 bits per heavy atom. The minimum atomic E-state index is -0.955. The number of carbonyl (C=O) groups is 1. The predicted octanol–water partition coefficient (Wildman–Crippen LogP) is 0.953. The van der Waals surface area contributed by atoms with Gasteiger partial charge >= 0.3 is 5.97 Å². The zero-order chi connectivity index (χ0) is 10.7. The van der Waals surface area contributed by atoms with E-state index in [4.69, 9.17) is 5.11 Å². The van der Waals surface area contributed by atoms with Crippen molar-refractivity contribution in [1.29, 1.82) is 0 Å². The number of nitrogens with zero attached hydrogens (tertiary/aromatic N) is 1. The number of rotatable bonds is 3. The van der Waals surface area contributed by atoms with Crippen LogP contribution in [0.3, 0.4) is 0 Å². The van der Waals surface area contributed by atoms with Gasteiger partial charge in [0.1, 0.15) is 3.57 Å². The fourth-order valence-electron chi connectivity index (χ4n) is 1.12. The lowest BCUT2D eigenvalue weighted by molar-refractivity contribution is -0.139. The van der Waals surface area contributed by atoms with Gasteiger partial charge in [-0.05, 0) is 29.0 Å². The SMILES string of the molecule is CCC(C(=O)O)c1nc[nH]c(=O)c1I. The van der Waals surface area contributed by atoms with Gasteiger partial charge in [0.25, 0.3) is 5.56 Å². The van der Waals surface area contributed by atoms with Gasteiger partial charge in [-0.25, -0.2) is 4.98 Å². The normalized spacial score (nSPS) is 12.4. The molecular weight excluding hydrogens is 299 g/mol. The largest absolute Gasteiger partial charge is 0.481 e. The Morgan fingerprint density at radius 3 is 2.93 bits per heavy atom. The fraction of sp³-hybridized carbons (Fsp3) is 0.375. The van der Waals surface area contributed by atoms with Crippen molar-refractivity contribution in [1.82, 2.24) is 9.97 Å². The fourth-order valence-corrected chi connectivity index (χ4v) is 1.80. The number of aromatic nitrogens is 2. The summed E-state index contributed by atoms with van der Waals surface area (Å²) in [7, 11) is 0. The van der Waals surface area contributed by atoms with E-state index in [1.807, 2.05) is 22.6 Å². The molecule has 1 aromatic heterocycles. The minimum absolute atomic E-state index is 0.296. The lowest BCUT2D eigenvalue weighted by Gasteiger charge is -2.09.